The Morgan fingerprint density at radius 2 is 1.57 bits per heavy atom. The van der Waals surface area contributed by atoms with E-state index in [0.29, 0.717) is 12.8 Å². The van der Waals surface area contributed by atoms with Crippen LogP contribution in [0.1, 0.15) is 18.4 Å². The first-order valence-corrected chi connectivity index (χ1v) is 8.30. The summed E-state index contributed by atoms with van der Waals surface area (Å²) in [6.07, 6.45) is 0.771. The molecule has 0 radical (unpaired) electrons. The van der Waals surface area contributed by atoms with Crippen molar-refractivity contribution in [2.45, 2.75) is 28.5 Å². The minimum Gasteiger partial charge on any atom is -0.321 e. The molecule has 2 N–H and O–H groups in total. The van der Waals surface area contributed by atoms with Gasteiger partial charge in [0, 0.05) is 5.54 Å². The number of hydrogen-bond acceptors (Lipinski definition) is 3. The molecule has 1 aliphatic carbocycles. The first kappa shape index (κ1) is 14.2. The summed E-state index contributed by atoms with van der Waals surface area (Å²) in [6.45, 7) is 0. The minimum absolute atomic E-state index is 0.156. The smallest absolute Gasteiger partial charge is 0.181 e. The van der Waals surface area contributed by atoms with Gasteiger partial charge in [0.05, 0.1) is 10.1 Å². The number of hydrogen-bond donors (Lipinski definition) is 1. The van der Waals surface area contributed by atoms with Gasteiger partial charge in [0.25, 0.3) is 0 Å². The summed E-state index contributed by atoms with van der Waals surface area (Å²) >= 11 is 0. The molecule has 0 heterocycles. The molecular formula is C16H16FNO2S. The molecule has 21 heavy (non-hydrogen) atoms. The molecule has 0 saturated heterocycles. The fourth-order valence-electron chi connectivity index (χ4n) is 2.79. The van der Waals surface area contributed by atoms with Crippen LogP contribution < -0.4 is 5.73 Å². The zero-order chi connectivity index (χ0) is 15.1. The Bertz CT molecular complexity index is 736. The lowest BCUT2D eigenvalue weighted by molar-refractivity contribution is 0.256. The average Bonchev–Trinajstić information content (AvgIpc) is 2.45. The van der Waals surface area contributed by atoms with Gasteiger partial charge in [-0.2, -0.15) is 0 Å². The summed E-state index contributed by atoms with van der Waals surface area (Å²) in [5.74, 6) is -0.444. The van der Waals surface area contributed by atoms with E-state index in [0.717, 1.165) is 5.56 Å². The van der Waals surface area contributed by atoms with Gasteiger partial charge >= 0.3 is 0 Å². The third kappa shape index (κ3) is 2.47. The number of sulfone groups is 1. The largest absolute Gasteiger partial charge is 0.321 e. The van der Waals surface area contributed by atoms with Crippen molar-refractivity contribution < 1.29 is 12.8 Å². The topological polar surface area (TPSA) is 60.2 Å². The normalized spacial score (nSPS) is 25.3. The van der Waals surface area contributed by atoms with Gasteiger partial charge in [-0.15, -0.1) is 0 Å². The van der Waals surface area contributed by atoms with E-state index >= 15 is 0 Å². The highest BCUT2D eigenvalue weighted by Gasteiger charge is 2.48. The van der Waals surface area contributed by atoms with Crippen molar-refractivity contribution >= 4 is 9.84 Å². The van der Waals surface area contributed by atoms with Gasteiger partial charge < -0.3 is 5.73 Å². The van der Waals surface area contributed by atoms with Crippen LogP contribution in [0.5, 0.6) is 0 Å². The molecular weight excluding hydrogens is 289 g/mol. The third-order valence-electron chi connectivity index (χ3n) is 4.11. The number of halogens is 1. The SMILES string of the molecule is NC1(c2ccccc2)CC(S(=O)(=O)c2ccc(F)cc2)C1. The Balaban J connectivity index is 1.81. The van der Waals surface area contributed by atoms with Crippen molar-refractivity contribution in [1.29, 1.82) is 0 Å². The first-order chi connectivity index (χ1) is 9.92. The van der Waals surface area contributed by atoms with E-state index < -0.39 is 26.4 Å². The number of rotatable bonds is 3. The van der Waals surface area contributed by atoms with E-state index in [1.807, 2.05) is 30.3 Å². The molecule has 3 rings (SSSR count). The molecule has 0 atom stereocenters. The van der Waals surface area contributed by atoms with Crippen molar-refractivity contribution in [2.75, 3.05) is 0 Å². The quantitative estimate of drug-likeness (QED) is 0.887. The highest BCUT2D eigenvalue weighted by Crippen LogP contribution is 2.44. The van der Waals surface area contributed by atoms with Crippen molar-refractivity contribution in [3.05, 3.63) is 66.0 Å². The summed E-state index contributed by atoms with van der Waals surface area (Å²) in [5, 5.41) is -0.506. The lowest BCUT2D eigenvalue weighted by atomic mass is 9.72. The summed E-state index contributed by atoms with van der Waals surface area (Å²) in [5.41, 5.74) is 6.66. The van der Waals surface area contributed by atoms with E-state index in [1.54, 1.807) is 0 Å². The molecule has 2 aromatic carbocycles. The number of benzene rings is 2. The highest BCUT2D eigenvalue weighted by atomic mass is 32.2. The summed E-state index contributed by atoms with van der Waals surface area (Å²) in [4.78, 5) is 0.156. The molecule has 0 unspecified atom stereocenters. The molecule has 1 aliphatic rings. The van der Waals surface area contributed by atoms with Crippen molar-refractivity contribution in [3.8, 4) is 0 Å². The van der Waals surface area contributed by atoms with Crippen molar-refractivity contribution in [3.63, 3.8) is 0 Å². The van der Waals surface area contributed by atoms with Gasteiger partial charge in [-0.1, -0.05) is 30.3 Å². The molecule has 1 saturated carbocycles. The molecule has 0 spiro atoms. The third-order valence-corrected chi connectivity index (χ3v) is 6.25. The molecule has 0 amide bonds. The van der Waals surface area contributed by atoms with Crippen LogP contribution in [-0.4, -0.2) is 13.7 Å². The lowest BCUT2D eigenvalue weighted by Gasteiger charge is -2.44. The van der Waals surface area contributed by atoms with Crippen molar-refractivity contribution in [2.24, 2.45) is 5.73 Å². The van der Waals surface area contributed by atoms with Crippen LogP contribution in [0.3, 0.4) is 0 Å². The summed E-state index contributed by atoms with van der Waals surface area (Å²) in [7, 11) is -3.44. The van der Waals surface area contributed by atoms with Crippen LogP contribution >= 0.6 is 0 Å². The Morgan fingerprint density at radius 3 is 2.14 bits per heavy atom. The molecule has 0 aliphatic heterocycles. The fourth-order valence-corrected chi connectivity index (χ4v) is 4.73. The molecule has 5 heteroatoms. The van der Waals surface area contributed by atoms with Gasteiger partial charge in [0.1, 0.15) is 5.82 Å². The Morgan fingerprint density at radius 1 is 1.00 bits per heavy atom. The zero-order valence-electron chi connectivity index (χ0n) is 11.4. The van der Waals surface area contributed by atoms with Gasteiger partial charge in [-0.05, 0) is 42.7 Å². The Kier molecular flexibility index (Phi) is 3.34. The van der Waals surface area contributed by atoms with Gasteiger partial charge in [0.2, 0.25) is 0 Å². The van der Waals surface area contributed by atoms with E-state index in [-0.39, 0.29) is 4.90 Å². The minimum atomic E-state index is -3.44. The highest BCUT2D eigenvalue weighted by molar-refractivity contribution is 7.92. The second-order valence-electron chi connectivity index (χ2n) is 5.55. The van der Waals surface area contributed by atoms with Crippen LogP contribution in [-0.2, 0) is 15.4 Å². The zero-order valence-corrected chi connectivity index (χ0v) is 12.2. The van der Waals surface area contributed by atoms with Crippen LogP contribution in [0.4, 0.5) is 4.39 Å². The van der Waals surface area contributed by atoms with Crippen LogP contribution in [0.2, 0.25) is 0 Å². The predicted octanol–water partition coefficient (Wildman–Crippen LogP) is 2.62. The monoisotopic (exact) mass is 305 g/mol. The van der Waals surface area contributed by atoms with Crippen LogP contribution in [0.25, 0.3) is 0 Å². The maximum absolute atomic E-state index is 12.9. The first-order valence-electron chi connectivity index (χ1n) is 6.76. The molecule has 1 fully saturated rings. The maximum Gasteiger partial charge on any atom is 0.181 e. The second kappa shape index (κ2) is 4.93. The molecule has 2 aromatic rings. The standard InChI is InChI=1S/C16H16FNO2S/c17-13-6-8-14(9-7-13)21(19,20)15-10-16(18,11-15)12-4-2-1-3-5-12/h1-9,15H,10-11,18H2. The lowest BCUT2D eigenvalue weighted by Crippen LogP contribution is -2.54. The predicted molar refractivity (Wildman–Crippen MR) is 78.9 cm³/mol. The Labute approximate surface area is 123 Å². The molecule has 0 bridgehead atoms. The number of nitrogens with two attached hydrogens (primary N) is 1. The molecule has 110 valence electrons. The van der Waals surface area contributed by atoms with Crippen molar-refractivity contribution in [1.82, 2.24) is 0 Å². The van der Waals surface area contributed by atoms with E-state index in [9.17, 15) is 12.8 Å². The maximum atomic E-state index is 12.9. The van der Waals surface area contributed by atoms with E-state index in [4.69, 9.17) is 5.73 Å². The van der Waals surface area contributed by atoms with E-state index in [2.05, 4.69) is 0 Å². The Hall–Kier alpha value is -1.72. The summed E-state index contributed by atoms with van der Waals surface area (Å²) in [6, 6.07) is 14.5. The second-order valence-corrected chi connectivity index (χ2v) is 7.78. The van der Waals surface area contributed by atoms with Crippen LogP contribution in [0, 0.1) is 5.82 Å². The average molecular weight is 305 g/mol. The molecule has 0 aromatic heterocycles. The fraction of sp³-hybridized carbons (Fsp3) is 0.250. The van der Waals surface area contributed by atoms with E-state index in [1.165, 1.54) is 24.3 Å². The van der Waals surface area contributed by atoms with Crippen LogP contribution in [0.15, 0.2) is 59.5 Å². The van der Waals surface area contributed by atoms with Gasteiger partial charge in [-0.3, -0.25) is 0 Å². The van der Waals surface area contributed by atoms with Gasteiger partial charge in [0.15, 0.2) is 9.84 Å². The summed E-state index contributed by atoms with van der Waals surface area (Å²) < 4.78 is 37.8. The molecule has 3 nitrogen and oxygen atoms in total. The van der Waals surface area contributed by atoms with Gasteiger partial charge in [-0.25, -0.2) is 12.8 Å².